The van der Waals surface area contributed by atoms with E-state index in [1.165, 1.54) is 89.9 Å². The van der Waals surface area contributed by atoms with Crippen molar-refractivity contribution in [3.63, 3.8) is 0 Å². The van der Waals surface area contributed by atoms with Crippen LogP contribution in [-0.2, 0) is 23.8 Å². The third kappa shape index (κ3) is 33.8. The van der Waals surface area contributed by atoms with Crippen molar-refractivity contribution in [1.29, 1.82) is 0 Å². The van der Waals surface area contributed by atoms with Gasteiger partial charge in [-0.1, -0.05) is 210 Å². The lowest BCUT2D eigenvalue weighted by atomic mass is 9.99. The summed E-state index contributed by atoms with van der Waals surface area (Å²) in [4.78, 5) is 26.4. The van der Waals surface area contributed by atoms with Crippen molar-refractivity contribution in [3.8, 4) is 0 Å². The Bertz CT molecular complexity index is 1330. The van der Waals surface area contributed by atoms with Crippen LogP contribution in [0.2, 0.25) is 0 Å². The molecule has 0 spiro atoms. The topological polar surface area (TPSA) is 175 Å². The van der Waals surface area contributed by atoms with Gasteiger partial charge in [-0.15, -0.1) is 0 Å². The SMILES string of the molecule is CC/C=C/C=C/C=C/CCCCCCCCC(O)C(=O)NC(COC1OC(CO)C(O)C(O)C1OC(=O)CCCCC/C=C\CCCCCCCCC)C(O)/C=C/CCCCCCCCCCC. The molecule has 1 saturated heterocycles. The predicted molar refractivity (Wildman–Crippen MR) is 278 cm³/mol. The van der Waals surface area contributed by atoms with Crippen LogP contribution in [0.15, 0.2) is 60.8 Å². The highest BCUT2D eigenvalue weighted by atomic mass is 16.7. The van der Waals surface area contributed by atoms with E-state index in [9.17, 15) is 35.1 Å². The lowest BCUT2D eigenvalue weighted by Gasteiger charge is -2.41. The highest BCUT2D eigenvalue weighted by Crippen LogP contribution is 2.26. The molecule has 0 aromatic heterocycles. The molecular weight excluding hydrogens is 859 g/mol. The Kier molecular flexibility index (Phi) is 42.4. The van der Waals surface area contributed by atoms with E-state index in [0.717, 1.165) is 89.9 Å². The highest BCUT2D eigenvalue weighted by Gasteiger charge is 2.47. The molecule has 11 nitrogen and oxygen atoms in total. The van der Waals surface area contributed by atoms with Gasteiger partial charge in [0.15, 0.2) is 12.4 Å². The zero-order valence-corrected chi connectivity index (χ0v) is 43.2. The largest absolute Gasteiger partial charge is 0.454 e. The van der Waals surface area contributed by atoms with Crippen LogP contribution in [0, 0.1) is 0 Å². The maximum absolute atomic E-state index is 13.3. The Morgan fingerprint density at radius 3 is 1.62 bits per heavy atom. The second kappa shape index (κ2) is 45.5. The van der Waals surface area contributed by atoms with Crippen molar-refractivity contribution in [3.05, 3.63) is 60.8 Å². The number of rotatable bonds is 45. The van der Waals surface area contributed by atoms with Crippen molar-refractivity contribution in [2.24, 2.45) is 0 Å². The first-order chi connectivity index (χ1) is 33.2. The number of aliphatic hydroxyl groups excluding tert-OH is 5. The van der Waals surface area contributed by atoms with Gasteiger partial charge in [-0.2, -0.15) is 0 Å². The van der Waals surface area contributed by atoms with E-state index in [4.69, 9.17) is 14.2 Å². The maximum atomic E-state index is 13.3. The standard InChI is InChI=1S/C57H101NO10/c1-4-7-10-13-16-19-22-24-26-29-32-35-38-41-44-50(61)56(65)58-48(49(60)43-40-37-34-31-28-21-18-15-12-9-6-3)47-66-57-55(54(64)53(63)51(46-59)67-57)68-52(62)45-42-39-36-33-30-27-25-23-20-17-14-11-8-5-2/h7,10,13,16,19,22,27,30,40,43,48-51,53-55,57,59-61,63-64H,4-6,8-9,11-12,14-15,17-18,20-21,23-26,28-29,31-39,41-42,44-47H2,1-3H3,(H,58,65)/b10-7+,16-13+,22-19+,30-27-,43-40+. The molecule has 0 radical (unpaired) electrons. The molecule has 1 aliphatic heterocycles. The van der Waals surface area contributed by atoms with Gasteiger partial charge in [-0.25, -0.2) is 0 Å². The second-order valence-corrected chi connectivity index (χ2v) is 19.0. The molecule has 8 atom stereocenters. The van der Waals surface area contributed by atoms with E-state index in [-0.39, 0.29) is 19.4 Å². The average molecular weight is 960 g/mol. The first-order valence-corrected chi connectivity index (χ1v) is 27.6. The fourth-order valence-electron chi connectivity index (χ4n) is 8.29. The average Bonchev–Trinajstić information content (AvgIpc) is 3.33. The van der Waals surface area contributed by atoms with Crippen molar-refractivity contribution in [2.75, 3.05) is 13.2 Å². The fourth-order valence-corrected chi connectivity index (χ4v) is 8.29. The number of esters is 1. The van der Waals surface area contributed by atoms with Gasteiger partial charge in [0.1, 0.15) is 24.4 Å². The van der Waals surface area contributed by atoms with Crippen LogP contribution < -0.4 is 5.32 Å². The number of carbonyl (C=O) groups is 2. The third-order valence-electron chi connectivity index (χ3n) is 12.7. The summed E-state index contributed by atoms with van der Waals surface area (Å²) in [6.07, 6.45) is 44.1. The Morgan fingerprint density at radius 2 is 1.07 bits per heavy atom. The number of ether oxygens (including phenoxy) is 3. The lowest BCUT2D eigenvalue weighted by Crippen LogP contribution is -2.61. The zero-order valence-electron chi connectivity index (χ0n) is 43.2. The van der Waals surface area contributed by atoms with Crippen molar-refractivity contribution in [2.45, 2.75) is 275 Å². The number of amides is 1. The fraction of sp³-hybridized carbons (Fsp3) is 0.789. The van der Waals surface area contributed by atoms with Gasteiger partial charge < -0.3 is 45.1 Å². The van der Waals surface area contributed by atoms with Gasteiger partial charge in [-0.3, -0.25) is 9.59 Å². The molecule has 68 heavy (non-hydrogen) atoms. The Balaban J connectivity index is 2.77. The lowest BCUT2D eigenvalue weighted by molar-refractivity contribution is -0.305. The van der Waals surface area contributed by atoms with Crippen LogP contribution >= 0.6 is 0 Å². The normalized spacial score (nSPS) is 20.4. The van der Waals surface area contributed by atoms with E-state index >= 15 is 0 Å². The maximum Gasteiger partial charge on any atom is 0.306 e. The second-order valence-electron chi connectivity index (χ2n) is 19.0. The molecule has 1 fully saturated rings. The van der Waals surface area contributed by atoms with Gasteiger partial charge in [0.25, 0.3) is 0 Å². The number of carbonyl (C=O) groups excluding carboxylic acids is 2. The van der Waals surface area contributed by atoms with Gasteiger partial charge in [0, 0.05) is 6.42 Å². The van der Waals surface area contributed by atoms with Crippen molar-refractivity contribution >= 4 is 11.9 Å². The monoisotopic (exact) mass is 960 g/mol. The molecule has 0 bridgehead atoms. The quantitative estimate of drug-likeness (QED) is 0.0149. The summed E-state index contributed by atoms with van der Waals surface area (Å²) >= 11 is 0. The summed E-state index contributed by atoms with van der Waals surface area (Å²) in [5, 5.41) is 56.7. The summed E-state index contributed by atoms with van der Waals surface area (Å²) < 4.78 is 17.5. The molecule has 1 aliphatic rings. The van der Waals surface area contributed by atoms with Crippen molar-refractivity contribution in [1.82, 2.24) is 5.32 Å². The smallest absolute Gasteiger partial charge is 0.306 e. The molecule has 0 aromatic rings. The zero-order chi connectivity index (χ0) is 49.7. The van der Waals surface area contributed by atoms with E-state index in [0.29, 0.717) is 12.8 Å². The molecule has 394 valence electrons. The number of nitrogens with one attached hydrogen (secondary N) is 1. The Hall–Kier alpha value is -2.64. The number of allylic oxidation sites excluding steroid dienone is 9. The van der Waals surface area contributed by atoms with Crippen LogP contribution in [0.3, 0.4) is 0 Å². The summed E-state index contributed by atoms with van der Waals surface area (Å²) in [5.74, 6) is -1.23. The summed E-state index contributed by atoms with van der Waals surface area (Å²) in [6.45, 7) is 5.60. The van der Waals surface area contributed by atoms with Gasteiger partial charge >= 0.3 is 5.97 Å². The molecular formula is C57H101NO10. The van der Waals surface area contributed by atoms with Crippen LogP contribution in [0.4, 0.5) is 0 Å². The van der Waals surface area contributed by atoms with Gasteiger partial charge in [0.2, 0.25) is 5.91 Å². The number of aliphatic hydroxyl groups is 5. The van der Waals surface area contributed by atoms with Crippen LogP contribution in [-0.4, -0.2) is 99.6 Å². The molecule has 6 N–H and O–H groups in total. The molecule has 0 aliphatic carbocycles. The molecule has 1 heterocycles. The van der Waals surface area contributed by atoms with E-state index < -0.39 is 67.4 Å². The summed E-state index contributed by atoms with van der Waals surface area (Å²) in [7, 11) is 0. The van der Waals surface area contributed by atoms with Gasteiger partial charge in [-0.05, 0) is 70.6 Å². The summed E-state index contributed by atoms with van der Waals surface area (Å²) in [6, 6.07) is -1.03. The highest BCUT2D eigenvalue weighted by molar-refractivity contribution is 5.80. The van der Waals surface area contributed by atoms with Crippen LogP contribution in [0.5, 0.6) is 0 Å². The minimum Gasteiger partial charge on any atom is -0.454 e. The minimum atomic E-state index is -1.62. The molecule has 1 rings (SSSR count). The molecule has 11 heteroatoms. The van der Waals surface area contributed by atoms with Crippen LogP contribution in [0.1, 0.15) is 226 Å². The first-order valence-electron chi connectivity index (χ1n) is 27.6. The first kappa shape index (κ1) is 63.4. The summed E-state index contributed by atoms with van der Waals surface area (Å²) in [5.41, 5.74) is 0. The molecule has 0 aromatic carbocycles. The van der Waals surface area contributed by atoms with E-state index in [1.54, 1.807) is 6.08 Å². The molecule has 8 unspecified atom stereocenters. The van der Waals surface area contributed by atoms with E-state index in [2.05, 4.69) is 62.5 Å². The number of hydrogen-bond donors (Lipinski definition) is 6. The Morgan fingerprint density at radius 1 is 0.588 bits per heavy atom. The third-order valence-corrected chi connectivity index (χ3v) is 12.7. The Labute approximate surface area is 414 Å². The minimum absolute atomic E-state index is 0.101. The number of hydrogen-bond acceptors (Lipinski definition) is 10. The molecule has 1 amide bonds. The van der Waals surface area contributed by atoms with Gasteiger partial charge in [0.05, 0.1) is 25.4 Å². The van der Waals surface area contributed by atoms with Crippen molar-refractivity contribution < 1.29 is 49.3 Å². The molecule has 0 saturated carbocycles. The van der Waals surface area contributed by atoms with E-state index in [1.807, 2.05) is 18.2 Å². The predicted octanol–water partition coefficient (Wildman–Crippen LogP) is 11.9. The number of unbranched alkanes of at least 4 members (excludes halogenated alkanes) is 25. The van der Waals surface area contributed by atoms with Crippen LogP contribution in [0.25, 0.3) is 0 Å².